The Balaban J connectivity index is 2.01. The second-order valence-electron chi connectivity index (χ2n) is 4.88. The van der Waals surface area contributed by atoms with Crippen molar-refractivity contribution in [1.29, 1.82) is 0 Å². The third-order valence-corrected chi connectivity index (χ3v) is 3.50. The van der Waals surface area contributed by atoms with E-state index in [0.717, 1.165) is 22.3 Å². The van der Waals surface area contributed by atoms with Gasteiger partial charge in [0.05, 0.1) is 24.1 Å². The summed E-state index contributed by atoms with van der Waals surface area (Å²) >= 11 is 0. The van der Waals surface area contributed by atoms with Crippen LogP contribution in [0.25, 0.3) is 10.9 Å². The maximum atomic E-state index is 12.2. The Hall–Kier alpha value is -2.49. The van der Waals surface area contributed by atoms with Crippen LogP contribution < -0.4 is 5.56 Å². The minimum atomic E-state index is -0.00698. The van der Waals surface area contributed by atoms with Gasteiger partial charge < -0.3 is 0 Å². The van der Waals surface area contributed by atoms with Gasteiger partial charge in [-0.05, 0) is 26.0 Å². The normalized spacial score (nSPS) is 10.9. The van der Waals surface area contributed by atoms with Gasteiger partial charge in [-0.15, -0.1) is 0 Å². The van der Waals surface area contributed by atoms with Crippen molar-refractivity contribution in [1.82, 2.24) is 14.5 Å². The van der Waals surface area contributed by atoms with Crippen LogP contribution in [-0.2, 0) is 6.54 Å². The van der Waals surface area contributed by atoms with E-state index in [1.54, 1.807) is 17.8 Å². The van der Waals surface area contributed by atoms with Crippen molar-refractivity contribution in [3.8, 4) is 0 Å². The van der Waals surface area contributed by atoms with Gasteiger partial charge in [0.2, 0.25) is 0 Å². The molecule has 0 atom stereocenters. The van der Waals surface area contributed by atoms with Gasteiger partial charge in [-0.25, -0.2) is 4.98 Å². The topological polar surface area (TPSA) is 47.8 Å². The fraction of sp³-hybridized carbons (Fsp3) is 0.188. The van der Waals surface area contributed by atoms with E-state index in [1.807, 2.05) is 43.3 Å². The highest BCUT2D eigenvalue weighted by Gasteiger charge is 2.05. The highest BCUT2D eigenvalue weighted by Crippen LogP contribution is 2.12. The zero-order valence-electron chi connectivity index (χ0n) is 11.5. The Bertz CT molecular complexity index is 836. The third-order valence-electron chi connectivity index (χ3n) is 3.50. The van der Waals surface area contributed by atoms with E-state index in [1.165, 1.54) is 0 Å². The average molecular weight is 265 g/mol. The van der Waals surface area contributed by atoms with Crippen molar-refractivity contribution >= 4 is 10.9 Å². The number of fused-ring (bicyclic) bond motifs is 1. The molecule has 0 fully saturated rings. The molecular formula is C16H15N3O. The molecule has 3 rings (SSSR count). The first-order valence-electron chi connectivity index (χ1n) is 6.52. The second kappa shape index (κ2) is 4.89. The molecule has 0 radical (unpaired) electrons. The van der Waals surface area contributed by atoms with E-state index < -0.39 is 0 Å². The monoisotopic (exact) mass is 265 g/mol. The Labute approximate surface area is 116 Å². The summed E-state index contributed by atoms with van der Waals surface area (Å²) in [5, 5.41) is 1.10. The van der Waals surface area contributed by atoms with Crippen LogP contribution in [0.4, 0.5) is 0 Å². The number of para-hydroxylation sites is 1. The fourth-order valence-electron chi connectivity index (χ4n) is 2.16. The van der Waals surface area contributed by atoms with E-state index >= 15 is 0 Å². The summed E-state index contributed by atoms with van der Waals surface area (Å²) in [6, 6.07) is 11.9. The first-order valence-corrected chi connectivity index (χ1v) is 6.52. The van der Waals surface area contributed by atoms with Crippen molar-refractivity contribution in [3.05, 3.63) is 70.0 Å². The van der Waals surface area contributed by atoms with Crippen LogP contribution in [0.15, 0.2) is 47.5 Å². The molecule has 0 bridgehead atoms. The number of aryl methyl sites for hydroxylation is 1. The lowest BCUT2D eigenvalue weighted by atomic mass is 10.2. The lowest BCUT2D eigenvalue weighted by Crippen LogP contribution is -2.24. The molecule has 3 aromatic rings. The first kappa shape index (κ1) is 12.5. The molecule has 0 aliphatic carbocycles. The van der Waals surface area contributed by atoms with Gasteiger partial charge in [-0.3, -0.25) is 14.3 Å². The van der Waals surface area contributed by atoms with Crippen LogP contribution in [0.5, 0.6) is 0 Å². The number of rotatable bonds is 2. The smallest absolute Gasteiger partial charge is 0.256 e. The molecule has 0 saturated heterocycles. The Morgan fingerprint density at radius 3 is 2.75 bits per heavy atom. The summed E-state index contributed by atoms with van der Waals surface area (Å²) in [5.74, 6) is 0. The van der Waals surface area contributed by atoms with Gasteiger partial charge >= 0.3 is 0 Å². The molecule has 0 saturated carbocycles. The molecule has 20 heavy (non-hydrogen) atoms. The zero-order valence-corrected chi connectivity index (χ0v) is 11.5. The molecule has 4 nitrogen and oxygen atoms in total. The molecule has 0 N–H and O–H groups in total. The van der Waals surface area contributed by atoms with Crippen LogP contribution in [0.1, 0.15) is 17.0 Å². The number of pyridine rings is 1. The van der Waals surface area contributed by atoms with Crippen molar-refractivity contribution in [2.24, 2.45) is 0 Å². The van der Waals surface area contributed by atoms with Gasteiger partial charge in [-0.1, -0.05) is 24.3 Å². The Morgan fingerprint density at radius 1 is 1.10 bits per heavy atom. The number of hydrogen-bond donors (Lipinski definition) is 0. The molecule has 4 heteroatoms. The second-order valence-corrected chi connectivity index (χ2v) is 4.88. The lowest BCUT2D eigenvalue weighted by molar-refractivity contribution is 0.708. The van der Waals surface area contributed by atoms with Crippen LogP contribution in [-0.4, -0.2) is 14.5 Å². The van der Waals surface area contributed by atoms with E-state index in [4.69, 9.17) is 0 Å². The van der Waals surface area contributed by atoms with Gasteiger partial charge in [0.15, 0.2) is 0 Å². The van der Waals surface area contributed by atoms with Gasteiger partial charge in [0.1, 0.15) is 0 Å². The van der Waals surface area contributed by atoms with E-state index in [2.05, 4.69) is 9.97 Å². The SMILES string of the molecule is Cc1ncn(Cc2ccc3ccccc3n2)c(=O)c1C. The molecule has 0 aliphatic heterocycles. The molecule has 0 amide bonds. The van der Waals surface area contributed by atoms with Crippen LogP contribution in [0, 0.1) is 13.8 Å². The molecule has 0 aliphatic rings. The van der Waals surface area contributed by atoms with Gasteiger partial charge in [0, 0.05) is 16.6 Å². The lowest BCUT2D eigenvalue weighted by Gasteiger charge is -2.08. The van der Waals surface area contributed by atoms with E-state index in [0.29, 0.717) is 12.1 Å². The minimum absolute atomic E-state index is 0.00698. The number of aromatic nitrogens is 3. The van der Waals surface area contributed by atoms with Gasteiger partial charge in [-0.2, -0.15) is 0 Å². The molecule has 100 valence electrons. The minimum Gasteiger partial charge on any atom is -0.293 e. The van der Waals surface area contributed by atoms with Crippen LogP contribution in [0.3, 0.4) is 0 Å². The summed E-state index contributed by atoms with van der Waals surface area (Å²) in [4.78, 5) is 21.0. The first-order chi connectivity index (χ1) is 9.65. The quantitative estimate of drug-likeness (QED) is 0.715. The van der Waals surface area contributed by atoms with E-state index in [9.17, 15) is 4.79 Å². The molecule has 0 spiro atoms. The van der Waals surface area contributed by atoms with Gasteiger partial charge in [0.25, 0.3) is 5.56 Å². The summed E-state index contributed by atoms with van der Waals surface area (Å²) < 4.78 is 1.60. The molecule has 2 heterocycles. The summed E-state index contributed by atoms with van der Waals surface area (Å²) in [6.45, 7) is 4.09. The maximum Gasteiger partial charge on any atom is 0.256 e. The maximum absolute atomic E-state index is 12.2. The van der Waals surface area contributed by atoms with Crippen LogP contribution >= 0.6 is 0 Å². The fourth-order valence-corrected chi connectivity index (χ4v) is 2.16. The number of hydrogen-bond acceptors (Lipinski definition) is 3. The summed E-state index contributed by atoms with van der Waals surface area (Å²) in [5.41, 5.74) is 3.25. The van der Waals surface area contributed by atoms with Crippen molar-refractivity contribution < 1.29 is 0 Å². The Kier molecular flexibility index (Phi) is 3.06. The zero-order chi connectivity index (χ0) is 14.1. The molecule has 2 aromatic heterocycles. The third kappa shape index (κ3) is 2.20. The summed E-state index contributed by atoms with van der Waals surface area (Å²) in [6.07, 6.45) is 1.58. The average Bonchev–Trinajstić information content (AvgIpc) is 2.48. The summed E-state index contributed by atoms with van der Waals surface area (Å²) in [7, 11) is 0. The molecule has 0 unspecified atom stereocenters. The van der Waals surface area contributed by atoms with Crippen molar-refractivity contribution in [2.45, 2.75) is 20.4 Å². The standard InChI is InChI=1S/C16H15N3O/c1-11-12(2)17-10-19(16(11)20)9-14-8-7-13-5-3-4-6-15(13)18-14/h3-8,10H,9H2,1-2H3. The highest BCUT2D eigenvalue weighted by molar-refractivity contribution is 5.78. The largest absolute Gasteiger partial charge is 0.293 e. The van der Waals surface area contributed by atoms with Crippen molar-refractivity contribution in [2.75, 3.05) is 0 Å². The van der Waals surface area contributed by atoms with E-state index in [-0.39, 0.29) is 5.56 Å². The number of benzene rings is 1. The predicted molar refractivity (Wildman–Crippen MR) is 78.8 cm³/mol. The van der Waals surface area contributed by atoms with Crippen LogP contribution in [0.2, 0.25) is 0 Å². The Morgan fingerprint density at radius 2 is 1.90 bits per heavy atom. The molecule has 1 aromatic carbocycles. The van der Waals surface area contributed by atoms with Crippen molar-refractivity contribution in [3.63, 3.8) is 0 Å². The molecular weight excluding hydrogens is 250 g/mol. The predicted octanol–water partition coefficient (Wildman–Crippen LogP) is 2.46. The number of nitrogens with zero attached hydrogens (tertiary/aromatic N) is 3. The highest BCUT2D eigenvalue weighted by atomic mass is 16.1.